The Balaban J connectivity index is 2.30. The normalized spacial score (nSPS) is 13.2. The maximum absolute atomic E-state index is 12.3. The van der Waals surface area contributed by atoms with Gasteiger partial charge in [0.25, 0.3) is 0 Å². The number of benzene rings is 2. The van der Waals surface area contributed by atoms with Crippen LogP contribution in [0.25, 0.3) is 0 Å². The number of esters is 1. The number of rotatable bonds is 6. The largest absolute Gasteiger partial charge is 0.491 e. The van der Waals surface area contributed by atoms with Crippen molar-refractivity contribution < 1.29 is 14.3 Å². The van der Waals surface area contributed by atoms with Crippen molar-refractivity contribution in [2.24, 2.45) is 0 Å². The minimum absolute atomic E-state index is 0.143. The van der Waals surface area contributed by atoms with Crippen LogP contribution in [0.4, 0.5) is 0 Å². The van der Waals surface area contributed by atoms with E-state index < -0.39 is 5.54 Å². The molecule has 0 aliphatic carbocycles. The van der Waals surface area contributed by atoms with Crippen molar-refractivity contribution in [1.29, 1.82) is 0 Å². The molecular weight excluding hydrogens is 266 g/mol. The van der Waals surface area contributed by atoms with E-state index in [1.807, 2.05) is 60.7 Å². The number of hydrogen-bond acceptors (Lipinski definition) is 4. The number of ether oxygens (including phenoxy) is 2. The van der Waals surface area contributed by atoms with E-state index in [4.69, 9.17) is 9.47 Å². The average molecular weight is 285 g/mol. The molecule has 1 N–H and O–H groups in total. The van der Waals surface area contributed by atoms with Crippen LogP contribution in [-0.4, -0.2) is 26.7 Å². The van der Waals surface area contributed by atoms with Gasteiger partial charge in [-0.2, -0.15) is 0 Å². The molecule has 4 heteroatoms. The van der Waals surface area contributed by atoms with Crippen LogP contribution in [0.3, 0.4) is 0 Å². The first-order chi connectivity index (χ1) is 10.2. The van der Waals surface area contributed by atoms with Gasteiger partial charge in [-0.25, -0.2) is 4.79 Å². The zero-order valence-corrected chi connectivity index (χ0v) is 12.2. The molecular formula is C17H19NO3. The van der Waals surface area contributed by atoms with Gasteiger partial charge < -0.3 is 9.47 Å². The Morgan fingerprint density at radius 2 is 1.62 bits per heavy atom. The van der Waals surface area contributed by atoms with Gasteiger partial charge in [0.15, 0.2) is 5.54 Å². The van der Waals surface area contributed by atoms with Gasteiger partial charge in [0.1, 0.15) is 12.4 Å². The molecule has 0 amide bonds. The number of likely N-dealkylation sites (N-methyl/N-ethyl adjacent to an activating group) is 1. The number of para-hydroxylation sites is 1. The molecule has 0 bridgehead atoms. The van der Waals surface area contributed by atoms with Gasteiger partial charge in [-0.15, -0.1) is 0 Å². The van der Waals surface area contributed by atoms with E-state index in [1.54, 1.807) is 7.05 Å². The monoisotopic (exact) mass is 285 g/mol. The molecule has 110 valence electrons. The molecule has 1 atom stereocenters. The van der Waals surface area contributed by atoms with Crippen LogP contribution in [0.15, 0.2) is 60.7 Å². The third-order valence-corrected chi connectivity index (χ3v) is 3.43. The quantitative estimate of drug-likeness (QED) is 0.828. The molecule has 0 fully saturated rings. The molecule has 0 aromatic heterocycles. The lowest BCUT2D eigenvalue weighted by Gasteiger charge is -2.30. The highest BCUT2D eigenvalue weighted by atomic mass is 16.5. The van der Waals surface area contributed by atoms with Crippen LogP contribution in [0.2, 0.25) is 0 Å². The van der Waals surface area contributed by atoms with E-state index in [-0.39, 0.29) is 12.6 Å². The highest BCUT2D eigenvalue weighted by Crippen LogP contribution is 2.24. The molecule has 0 saturated heterocycles. The predicted molar refractivity (Wildman–Crippen MR) is 81.1 cm³/mol. The van der Waals surface area contributed by atoms with Gasteiger partial charge in [0.2, 0.25) is 0 Å². The summed E-state index contributed by atoms with van der Waals surface area (Å²) in [7, 11) is 3.10. The van der Waals surface area contributed by atoms with E-state index in [0.717, 1.165) is 5.56 Å². The minimum Gasteiger partial charge on any atom is -0.491 e. The maximum atomic E-state index is 12.3. The van der Waals surface area contributed by atoms with Gasteiger partial charge >= 0.3 is 5.97 Å². The summed E-state index contributed by atoms with van der Waals surface area (Å²) in [5.41, 5.74) is -0.235. The fraction of sp³-hybridized carbons (Fsp3) is 0.235. The Bertz CT molecular complexity index is 571. The molecule has 4 nitrogen and oxygen atoms in total. The standard InChI is InChI=1S/C17H19NO3/c1-18-17(16(19)20-2,14-9-5-3-6-10-14)13-21-15-11-7-4-8-12-15/h3-12,18H,13H2,1-2H3. The molecule has 21 heavy (non-hydrogen) atoms. The summed E-state index contributed by atoms with van der Waals surface area (Å²) < 4.78 is 10.7. The van der Waals surface area contributed by atoms with Crippen molar-refractivity contribution in [2.75, 3.05) is 20.8 Å². The van der Waals surface area contributed by atoms with E-state index in [9.17, 15) is 4.79 Å². The molecule has 0 spiro atoms. The lowest BCUT2D eigenvalue weighted by molar-refractivity contribution is -0.150. The molecule has 0 radical (unpaired) electrons. The zero-order chi connectivity index (χ0) is 15.1. The van der Waals surface area contributed by atoms with Gasteiger partial charge in [0, 0.05) is 0 Å². The van der Waals surface area contributed by atoms with Gasteiger partial charge in [0.05, 0.1) is 7.11 Å². The highest BCUT2D eigenvalue weighted by Gasteiger charge is 2.41. The molecule has 2 rings (SSSR count). The fourth-order valence-corrected chi connectivity index (χ4v) is 2.18. The predicted octanol–water partition coefficient (Wildman–Crippen LogP) is 2.35. The van der Waals surface area contributed by atoms with Crippen LogP contribution >= 0.6 is 0 Å². The first-order valence-electron chi connectivity index (χ1n) is 6.73. The summed E-state index contributed by atoms with van der Waals surface area (Å²) in [5.74, 6) is 0.323. The molecule has 1 unspecified atom stereocenters. The van der Waals surface area contributed by atoms with E-state index >= 15 is 0 Å². The second-order valence-electron chi connectivity index (χ2n) is 4.61. The number of nitrogens with one attached hydrogen (secondary N) is 1. The van der Waals surface area contributed by atoms with Crippen molar-refractivity contribution in [3.63, 3.8) is 0 Å². The smallest absolute Gasteiger partial charge is 0.334 e. The fourth-order valence-electron chi connectivity index (χ4n) is 2.18. The van der Waals surface area contributed by atoms with Crippen LogP contribution in [0.1, 0.15) is 5.56 Å². The van der Waals surface area contributed by atoms with E-state index in [1.165, 1.54) is 7.11 Å². The lowest BCUT2D eigenvalue weighted by Crippen LogP contribution is -2.52. The zero-order valence-electron chi connectivity index (χ0n) is 12.2. The first kappa shape index (κ1) is 15.1. The Hall–Kier alpha value is -2.33. The summed E-state index contributed by atoms with van der Waals surface area (Å²) in [6.07, 6.45) is 0. The van der Waals surface area contributed by atoms with Crippen LogP contribution in [-0.2, 0) is 15.1 Å². The second kappa shape index (κ2) is 6.90. The SMILES string of the molecule is CNC(COc1ccccc1)(C(=O)OC)c1ccccc1. The second-order valence-corrected chi connectivity index (χ2v) is 4.61. The number of hydrogen-bond donors (Lipinski definition) is 1. The molecule has 0 aliphatic heterocycles. The average Bonchev–Trinajstić information content (AvgIpc) is 2.57. The van der Waals surface area contributed by atoms with Gasteiger partial charge in [-0.05, 0) is 24.7 Å². The first-order valence-corrected chi connectivity index (χ1v) is 6.73. The van der Waals surface area contributed by atoms with Crippen molar-refractivity contribution in [1.82, 2.24) is 5.32 Å². The number of methoxy groups -OCH3 is 1. The molecule has 0 heterocycles. The Morgan fingerprint density at radius 1 is 1.05 bits per heavy atom. The Labute approximate surface area is 124 Å². The van der Waals surface area contributed by atoms with Crippen molar-refractivity contribution >= 4 is 5.97 Å². The van der Waals surface area contributed by atoms with Crippen molar-refractivity contribution in [2.45, 2.75) is 5.54 Å². The third kappa shape index (κ3) is 3.23. The number of carbonyl (C=O) groups is 1. The van der Waals surface area contributed by atoms with Crippen molar-refractivity contribution in [3.05, 3.63) is 66.2 Å². The Kier molecular flexibility index (Phi) is 4.95. The molecule has 0 saturated carbocycles. The van der Waals surface area contributed by atoms with Gasteiger partial charge in [-0.1, -0.05) is 48.5 Å². The van der Waals surface area contributed by atoms with Gasteiger partial charge in [-0.3, -0.25) is 5.32 Å². The van der Waals surface area contributed by atoms with E-state index in [0.29, 0.717) is 5.75 Å². The number of carbonyl (C=O) groups excluding carboxylic acids is 1. The lowest BCUT2D eigenvalue weighted by atomic mass is 9.91. The summed E-state index contributed by atoms with van der Waals surface area (Å²) in [4.78, 5) is 12.3. The highest BCUT2D eigenvalue weighted by molar-refractivity contribution is 5.82. The summed E-state index contributed by atoms with van der Waals surface area (Å²) in [5, 5.41) is 3.05. The van der Waals surface area contributed by atoms with E-state index in [2.05, 4.69) is 5.32 Å². The molecule has 2 aromatic rings. The summed E-state index contributed by atoms with van der Waals surface area (Å²) >= 11 is 0. The third-order valence-electron chi connectivity index (χ3n) is 3.43. The minimum atomic E-state index is -1.04. The van der Waals surface area contributed by atoms with Crippen LogP contribution in [0.5, 0.6) is 5.75 Å². The molecule has 2 aromatic carbocycles. The Morgan fingerprint density at radius 3 is 2.14 bits per heavy atom. The van der Waals surface area contributed by atoms with Crippen LogP contribution in [0, 0.1) is 0 Å². The van der Waals surface area contributed by atoms with Crippen molar-refractivity contribution in [3.8, 4) is 5.75 Å². The summed E-state index contributed by atoms with van der Waals surface area (Å²) in [6, 6.07) is 18.8. The van der Waals surface area contributed by atoms with Crippen LogP contribution < -0.4 is 10.1 Å². The maximum Gasteiger partial charge on any atom is 0.334 e. The summed E-state index contributed by atoms with van der Waals surface area (Å²) in [6.45, 7) is 0.143. The topological polar surface area (TPSA) is 47.6 Å². The molecule has 0 aliphatic rings.